The number of hydrogen-bond donors (Lipinski definition) is 1. The Hall–Kier alpha value is -0.650. The van der Waals surface area contributed by atoms with E-state index in [0.717, 1.165) is 36.5 Å². The average Bonchev–Trinajstić information content (AvgIpc) is 2.97. The van der Waals surface area contributed by atoms with Crippen molar-refractivity contribution in [1.29, 1.82) is 0 Å². The highest BCUT2D eigenvalue weighted by molar-refractivity contribution is 7.13. The lowest BCUT2D eigenvalue weighted by molar-refractivity contribution is 0.195. The van der Waals surface area contributed by atoms with Crippen molar-refractivity contribution in [3.05, 3.63) is 11.1 Å². The highest BCUT2D eigenvalue weighted by Gasteiger charge is 2.31. The summed E-state index contributed by atoms with van der Waals surface area (Å²) in [5, 5.41) is 12.6. The van der Waals surface area contributed by atoms with E-state index >= 15 is 0 Å². The van der Waals surface area contributed by atoms with Crippen molar-refractivity contribution in [2.75, 3.05) is 31.1 Å². The van der Waals surface area contributed by atoms with E-state index in [0.29, 0.717) is 0 Å². The molecule has 17 heavy (non-hydrogen) atoms. The Morgan fingerprint density at radius 2 is 2.35 bits per heavy atom. The molecular formula is C12H19N3OS. The number of aromatic nitrogens is 1. The first-order valence-electron chi connectivity index (χ1n) is 6.36. The van der Waals surface area contributed by atoms with E-state index in [1.165, 1.54) is 19.4 Å². The fourth-order valence-electron chi connectivity index (χ4n) is 2.78. The number of hydrogen-bond acceptors (Lipinski definition) is 5. The predicted octanol–water partition coefficient (Wildman–Crippen LogP) is 1.48. The molecule has 0 aromatic carbocycles. The van der Waals surface area contributed by atoms with Crippen molar-refractivity contribution >= 4 is 16.5 Å². The summed E-state index contributed by atoms with van der Waals surface area (Å²) in [5.74, 6) is 0. The van der Waals surface area contributed by atoms with E-state index in [9.17, 15) is 5.11 Å². The van der Waals surface area contributed by atoms with Crippen molar-refractivity contribution in [2.24, 2.45) is 0 Å². The van der Waals surface area contributed by atoms with E-state index in [4.69, 9.17) is 0 Å². The fourth-order valence-corrected chi connectivity index (χ4v) is 3.73. The minimum absolute atomic E-state index is 0.451. The van der Waals surface area contributed by atoms with Crippen LogP contribution in [0.25, 0.3) is 0 Å². The number of anilines is 1. The van der Waals surface area contributed by atoms with Gasteiger partial charge in [0.15, 0.2) is 5.13 Å². The van der Waals surface area contributed by atoms with Crippen molar-refractivity contribution < 1.29 is 5.11 Å². The molecule has 2 unspecified atom stereocenters. The lowest BCUT2D eigenvalue weighted by atomic mass is 10.2. The summed E-state index contributed by atoms with van der Waals surface area (Å²) in [6.07, 6.45) is 2.22. The molecule has 5 heteroatoms. The van der Waals surface area contributed by atoms with Crippen LogP contribution in [0.2, 0.25) is 0 Å². The van der Waals surface area contributed by atoms with Gasteiger partial charge in [0.05, 0.1) is 11.8 Å². The molecule has 2 aliphatic rings. The van der Waals surface area contributed by atoms with Crippen LogP contribution in [0.15, 0.2) is 5.38 Å². The van der Waals surface area contributed by atoms with Crippen LogP contribution in [0.1, 0.15) is 31.6 Å². The Balaban J connectivity index is 1.71. The lowest BCUT2D eigenvalue weighted by Gasteiger charge is -2.37. The number of aliphatic hydroxyl groups is 1. The van der Waals surface area contributed by atoms with Gasteiger partial charge in [0.1, 0.15) is 0 Å². The number of thiazole rings is 1. The highest BCUT2D eigenvalue weighted by atomic mass is 32.1. The summed E-state index contributed by atoms with van der Waals surface area (Å²) < 4.78 is 0. The topological polar surface area (TPSA) is 39.6 Å². The molecule has 3 heterocycles. The van der Waals surface area contributed by atoms with E-state index in [1.807, 2.05) is 5.38 Å². The molecule has 2 fully saturated rings. The smallest absolute Gasteiger partial charge is 0.185 e. The summed E-state index contributed by atoms with van der Waals surface area (Å²) in [5.41, 5.74) is 0.804. The minimum Gasteiger partial charge on any atom is -0.387 e. The zero-order valence-corrected chi connectivity index (χ0v) is 11.0. The SMILES string of the molecule is CC(O)c1csc(N2CCN3CCCC3C2)n1. The summed E-state index contributed by atoms with van der Waals surface area (Å²) in [6, 6.07) is 0.725. The van der Waals surface area contributed by atoms with Gasteiger partial charge in [0.25, 0.3) is 0 Å². The summed E-state index contributed by atoms with van der Waals surface area (Å²) in [4.78, 5) is 9.50. The third kappa shape index (κ3) is 2.19. The Bertz CT molecular complexity index is 393. The standard InChI is InChI=1S/C12H19N3OS/c1-9(16)11-8-17-12(13-11)15-6-5-14-4-2-3-10(14)7-15/h8-10,16H,2-7H2,1H3. The van der Waals surface area contributed by atoms with Gasteiger partial charge < -0.3 is 10.0 Å². The van der Waals surface area contributed by atoms with E-state index in [-0.39, 0.29) is 0 Å². The summed E-state index contributed by atoms with van der Waals surface area (Å²) in [6.45, 7) is 6.38. The Kier molecular flexibility index (Phi) is 3.06. The van der Waals surface area contributed by atoms with Crippen LogP contribution in [-0.2, 0) is 0 Å². The molecule has 0 saturated carbocycles. The van der Waals surface area contributed by atoms with Crippen molar-refractivity contribution in [3.8, 4) is 0 Å². The van der Waals surface area contributed by atoms with Crippen LogP contribution in [0.4, 0.5) is 5.13 Å². The van der Waals surface area contributed by atoms with Crippen molar-refractivity contribution in [2.45, 2.75) is 31.9 Å². The minimum atomic E-state index is -0.451. The number of nitrogens with zero attached hydrogens (tertiary/aromatic N) is 3. The van der Waals surface area contributed by atoms with Crippen LogP contribution in [0, 0.1) is 0 Å². The number of rotatable bonds is 2. The number of aliphatic hydroxyl groups excluding tert-OH is 1. The van der Waals surface area contributed by atoms with Gasteiger partial charge in [-0.1, -0.05) is 0 Å². The first-order valence-corrected chi connectivity index (χ1v) is 7.24. The van der Waals surface area contributed by atoms with E-state index in [1.54, 1.807) is 18.3 Å². The van der Waals surface area contributed by atoms with Gasteiger partial charge >= 0.3 is 0 Å². The first-order chi connectivity index (χ1) is 8.24. The first kappa shape index (κ1) is 11.4. The Morgan fingerprint density at radius 3 is 3.12 bits per heavy atom. The van der Waals surface area contributed by atoms with Crippen LogP contribution in [0.5, 0.6) is 0 Å². The molecule has 0 radical (unpaired) electrons. The van der Waals surface area contributed by atoms with Crippen LogP contribution >= 0.6 is 11.3 Å². The monoisotopic (exact) mass is 253 g/mol. The normalized spacial score (nSPS) is 27.2. The van der Waals surface area contributed by atoms with Gasteiger partial charge in [-0.15, -0.1) is 11.3 Å². The van der Waals surface area contributed by atoms with E-state index in [2.05, 4.69) is 14.8 Å². The molecule has 0 aliphatic carbocycles. The lowest BCUT2D eigenvalue weighted by Crippen LogP contribution is -2.50. The largest absolute Gasteiger partial charge is 0.387 e. The Morgan fingerprint density at radius 1 is 1.47 bits per heavy atom. The van der Waals surface area contributed by atoms with Gasteiger partial charge in [0.2, 0.25) is 0 Å². The maximum Gasteiger partial charge on any atom is 0.185 e. The van der Waals surface area contributed by atoms with Gasteiger partial charge in [-0.3, -0.25) is 4.90 Å². The van der Waals surface area contributed by atoms with Gasteiger partial charge in [-0.05, 0) is 26.3 Å². The molecule has 1 aromatic rings. The van der Waals surface area contributed by atoms with Gasteiger partial charge in [-0.2, -0.15) is 0 Å². The second kappa shape index (κ2) is 4.55. The quantitative estimate of drug-likeness (QED) is 0.866. The van der Waals surface area contributed by atoms with Crippen molar-refractivity contribution in [1.82, 2.24) is 9.88 Å². The predicted molar refractivity (Wildman–Crippen MR) is 69.6 cm³/mol. The van der Waals surface area contributed by atoms with Crippen LogP contribution < -0.4 is 4.90 Å². The molecule has 3 rings (SSSR count). The average molecular weight is 253 g/mol. The third-order valence-corrected chi connectivity index (χ3v) is 4.72. The van der Waals surface area contributed by atoms with Crippen molar-refractivity contribution in [3.63, 3.8) is 0 Å². The fraction of sp³-hybridized carbons (Fsp3) is 0.750. The number of piperazine rings is 1. The number of fused-ring (bicyclic) bond motifs is 1. The Labute approximate surface area is 106 Å². The third-order valence-electron chi connectivity index (χ3n) is 3.80. The molecule has 2 atom stereocenters. The highest BCUT2D eigenvalue weighted by Crippen LogP contribution is 2.28. The van der Waals surface area contributed by atoms with E-state index < -0.39 is 6.10 Å². The molecule has 0 spiro atoms. The zero-order valence-electron chi connectivity index (χ0n) is 10.2. The molecule has 0 bridgehead atoms. The van der Waals surface area contributed by atoms with Crippen LogP contribution in [0.3, 0.4) is 0 Å². The maximum atomic E-state index is 9.50. The second-order valence-electron chi connectivity index (χ2n) is 5.01. The van der Waals surface area contributed by atoms with Gasteiger partial charge in [0, 0.05) is 31.1 Å². The molecule has 2 aliphatic heterocycles. The van der Waals surface area contributed by atoms with Gasteiger partial charge in [-0.25, -0.2) is 4.98 Å². The molecule has 2 saturated heterocycles. The second-order valence-corrected chi connectivity index (χ2v) is 5.85. The molecule has 1 N–H and O–H groups in total. The molecule has 94 valence electrons. The molecule has 4 nitrogen and oxygen atoms in total. The summed E-state index contributed by atoms with van der Waals surface area (Å²) >= 11 is 1.65. The van der Waals surface area contributed by atoms with Crippen LogP contribution in [-0.4, -0.2) is 47.2 Å². The summed E-state index contributed by atoms with van der Waals surface area (Å²) in [7, 11) is 0. The zero-order chi connectivity index (χ0) is 11.8. The maximum absolute atomic E-state index is 9.50. The molecule has 0 amide bonds. The molecule has 1 aromatic heterocycles. The molecular weight excluding hydrogens is 234 g/mol.